The number of likely N-dealkylation sites (N-methyl/N-ethyl adjacent to an activating group) is 1. The van der Waals surface area contributed by atoms with Crippen molar-refractivity contribution in [3.05, 3.63) is 54.2 Å². The van der Waals surface area contributed by atoms with Crippen molar-refractivity contribution in [3.8, 4) is 11.4 Å². The fourth-order valence-corrected chi connectivity index (χ4v) is 6.06. The Labute approximate surface area is 220 Å². The number of nitrogens with zero attached hydrogens (tertiary/aromatic N) is 4. The molecule has 1 saturated heterocycles. The van der Waals surface area contributed by atoms with Crippen molar-refractivity contribution in [2.45, 2.75) is 44.4 Å². The summed E-state index contributed by atoms with van der Waals surface area (Å²) >= 11 is 0. The second-order valence-corrected chi connectivity index (χ2v) is 11.9. The lowest BCUT2D eigenvalue weighted by Gasteiger charge is -2.29. The van der Waals surface area contributed by atoms with Crippen molar-refractivity contribution in [1.82, 2.24) is 24.5 Å². The van der Waals surface area contributed by atoms with Crippen LogP contribution in [0.2, 0.25) is 0 Å². The van der Waals surface area contributed by atoms with Crippen LogP contribution in [-0.4, -0.2) is 73.3 Å². The maximum absolute atomic E-state index is 13.4. The van der Waals surface area contributed by atoms with Gasteiger partial charge in [0.15, 0.2) is 0 Å². The molecule has 1 aromatic carbocycles. The van der Waals surface area contributed by atoms with Crippen LogP contribution >= 0.6 is 0 Å². The lowest BCUT2D eigenvalue weighted by molar-refractivity contribution is 0.0951. The largest absolute Gasteiger partial charge is 0.351 e. The summed E-state index contributed by atoms with van der Waals surface area (Å²) in [7, 11) is -1.62. The van der Waals surface area contributed by atoms with Gasteiger partial charge in [-0.25, -0.2) is 13.4 Å². The minimum atomic E-state index is -3.66. The van der Waals surface area contributed by atoms with Crippen LogP contribution in [-0.2, 0) is 10.0 Å². The van der Waals surface area contributed by atoms with E-state index < -0.39 is 10.0 Å². The molecule has 1 N–H and O–H groups in total. The molecular weight excluding hydrogens is 486 g/mol. The number of benzene rings is 1. The van der Waals surface area contributed by atoms with Crippen LogP contribution in [0.5, 0.6) is 0 Å². The molecule has 0 radical (unpaired) electrons. The summed E-state index contributed by atoms with van der Waals surface area (Å²) in [6.07, 6.45) is 5.62. The fourth-order valence-electron chi connectivity index (χ4n) is 4.57. The standard InChI is InChI=1S/C28H37N5O3S/c1-4-5-15-32(3)18-14-30-28(34)24-20-27(26-8-6-7-13-29-26)31-25-10-9-22(19-23(24)25)37(35,36)33-16-11-21(2)12-17-33/h6-10,13,19-21H,4-5,11-12,14-18H2,1-3H3,(H,30,34). The van der Waals surface area contributed by atoms with Gasteiger partial charge in [-0.05, 0) is 75.2 Å². The van der Waals surface area contributed by atoms with Crippen molar-refractivity contribution in [2.24, 2.45) is 5.92 Å². The summed E-state index contributed by atoms with van der Waals surface area (Å²) in [4.78, 5) is 24.9. The van der Waals surface area contributed by atoms with Gasteiger partial charge in [0.2, 0.25) is 10.0 Å². The van der Waals surface area contributed by atoms with Gasteiger partial charge in [0.1, 0.15) is 0 Å². The molecular formula is C28H37N5O3S. The van der Waals surface area contributed by atoms with Gasteiger partial charge in [-0.3, -0.25) is 9.78 Å². The Hall–Kier alpha value is -2.88. The summed E-state index contributed by atoms with van der Waals surface area (Å²) in [6, 6.07) is 12.1. The van der Waals surface area contributed by atoms with Crippen LogP contribution in [0.4, 0.5) is 0 Å². The third-order valence-electron chi connectivity index (χ3n) is 7.00. The second kappa shape index (κ2) is 12.1. The molecule has 1 amide bonds. The highest BCUT2D eigenvalue weighted by atomic mass is 32.2. The molecule has 0 aliphatic carbocycles. The Kier molecular flexibility index (Phi) is 8.89. The third-order valence-corrected chi connectivity index (χ3v) is 8.90. The monoisotopic (exact) mass is 523 g/mol. The number of sulfonamides is 1. The van der Waals surface area contributed by atoms with E-state index in [2.05, 4.69) is 29.0 Å². The molecule has 1 aliphatic rings. The smallest absolute Gasteiger partial charge is 0.252 e. The van der Waals surface area contributed by atoms with Gasteiger partial charge >= 0.3 is 0 Å². The molecule has 4 rings (SSSR count). The van der Waals surface area contributed by atoms with Gasteiger partial charge in [-0.2, -0.15) is 4.31 Å². The molecule has 0 unspecified atom stereocenters. The van der Waals surface area contributed by atoms with Gasteiger partial charge in [0, 0.05) is 37.8 Å². The molecule has 2 aromatic heterocycles. The summed E-state index contributed by atoms with van der Waals surface area (Å²) in [5, 5.41) is 3.53. The molecule has 0 atom stereocenters. The zero-order valence-electron chi connectivity index (χ0n) is 22.0. The lowest BCUT2D eigenvalue weighted by Crippen LogP contribution is -2.37. The van der Waals surface area contributed by atoms with Gasteiger partial charge in [-0.1, -0.05) is 26.3 Å². The first-order valence-electron chi connectivity index (χ1n) is 13.1. The van der Waals surface area contributed by atoms with Crippen LogP contribution < -0.4 is 5.32 Å². The van der Waals surface area contributed by atoms with Crippen LogP contribution in [0.1, 0.15) is 49.9 Å². The molecule has 0 bridgehead atoms. The molecule has 3 aromatic rings. The molecule has 3 heterocycles. The number of nitrogens with one attached hydrogen (secondary N) is 1. The minimum Gasteiger partial charge on any atom is -0.351 e. The van der Waals surface area contributed by atoms with Crippen LogP contribution in [0.3, 0.4) is 0 Å². The number of carbonyl (C=O) groups excluding carboxylic acids is 1. The topological polar surface area (TPSA) is 95.5 Å². The number of piperidine rings is 1. The Morgan fingerprint density at radius 1 is 1.11 bits per heavy atom. The average Bonchev–Trinajstić information content (AvgIpc) is 2.91. The van der Waals surface area contributed by atoms with E-state index in [-0.39, 0.29) is 10.8 Å². The van der Waals surface area contributed by atoms with E-state index in [0.717, 1.165) is 38.8 Å². The fraction of sp³-hybridized carbons (Fsp3) is 0.464. The van der Waals surface area contributed by atoms with Crippen molar-refractivity contribution in [1.29, 1.82) is 0 Å². The van der Waals surface area contributed by atoms with Crippen LogP contribution in [0.25, 0.3) is 22.3 Å². The Balaban J connectivity index is 1.68. The number of aromatic nitrogens is 2. The highest BCUT2D eigenvalue weighted by Crippen LogP contribution is 2.29. The molecule has 1 fully saturated rings. The zero-order chi connectivity index (χ0) is 26.4. The van der Waals surface area contributed by atoms with Crippen molar-refractivity contribution >= 4 is 26.8 Å². The molecule has 9 heteroatoms. The van der Waals surface area contributed by atoms with E-state index in [1.54, 1.807) is 34.8 Å². The number of fused-ring (bicyclic) bond motifs is 1. The number of hydrogen-bond donors (Lipinski definition) is 1. The SMILES string of the molecule is CCCCN(C)CCNC(=O)c1cc(-c2ccccn2)nc2ccc(S(=O)(=O)N3CCC(C)CC3)cc12. The minimum absolute atomic E-state index is 0.190. The van der Waals surface area contributed by atoms with E-state index >= 15 is 0 Å². The number of amides is 1. The highest BCUT2D eigenvalue weighted by molar-refractivity contribution is 7.89. The first-order chi connectivity index (χ1) is 17.8. The van der Waals surface area contributed by atoms with E-state index in [9.17, 15) is 13.2 Å². The molecule has 198 valence electrons. The van der Waals surface area contributed by atoms with Gasteiger partial charge in [-0.15, -0.1) is 0 Å². The van der Waals surface area contributed by atoms with Crippen molar-refractivity contribution in [3.63, 3.8) is 0 Å². The predicted octanol–water partition coefficient (Wildman–Crippen LogP) is 4.18. The number of rotatable bonds is 10. The maximum atomic E-state index is 13.4. The number of hydrogen-bond acceptors (Lipinski definition) is 6. The van der Waals surface area contributed by atoms with E-state index in [4.69, 9.17) is 4.98 Å². The number of pyridine rings is 2. The number of carbonyl (C=O) groups is 1. The molecule has 8 nitrogen and oxygen atoms in total. The quantitative estimate of drug-likeness (QED) is 0.428. The molecule has 37 heavy (non-hydrogen) atoms. The van der Waals surface area contributed by atoms with E-state index in [1.165, 1.54) is 0 Å². The highest BCUT2D eigenvalue weighted by Gasteiger charge is 2.29. The maximum Gasteiger partial charge on any atom is 0.252 e. The van der Waals surface area contributed by atoms with Gasteiger partial charge in [0.25, 0.3) is 5.91 Å². The molecule has 0 saturated carbocycles. The normalized spacial score (nSPS) is 15.4. The first kappa shape index (κ1) is 27.2. The van der Waals surface area contributed by atoms with Gasteiger partial charge in [0.05, 0.1) is 27.4 Å². The zero-order valence-corrected chi connectivity index (χ0v) is 22.8. The Morgan fingerprint density at radius 3 is 2.59 bits per heavy atom. The summed E-state index contributed by atoms with van der Waals surface area (Å²) < 4.78 is 28.4. The lowest BCUT2D eigenvalue weighted by atomic mass is 10.0. The molecule has 1 aliphatic heterocycles. The average molecular weight is 524 g/mol. The first-order valence-corrected chi connectivity index (χ1v) is 14.6. The third kappa shape index (κ3) is 6.52. The van der Waals surface area contributed by atoms with Gasteiger partial charge < -0.3 is 10.2 Å². The van der Waals surface area contributed by atoms with Crippen molar-refractivity contribution in [2.75, 3.05) is 39.8 Å². The predicted molar refractivity (Wildman–Crippen MR) is 147 cm³/mol. The van der Waals surface area contributed by atoms with Crippen LogP contribution in [0.15, 0.2) is 53.6 Å². The Morgan fingerprint density at radius 2 is 1.89 bits per heavy atom. The van der Waals surface area contributed by atoms with Crippen molar-refractivity contribution < 1.29 is 13.2 Å². The van der Waals surface area contributed by atoms with E-state index in [0.29, 0.717) is 53.4 Å². The summed E-state index contributed by atoms with van der Waals surface area (Å²) in [6.45, 7) is 7.53. The van der Waals surface area contributed by atoms with E-state index in [1.807, 2.05) is 25.2 Å². The molecule has 0 spiro atoms. The van der Waals surface area contributed by atoms with Crippen LogP contribution in [0, 0.1) is 5.92 Å². The number of unbranched alkanes of at least 4 members (excludes halogenated alkanes) is 1. The Bertz CT molecular complexity index is 1320. The summed E-state index contributed by atoms with van der Waals surface area (Å²) in [5.41, 5.74) is 2.17. The second-order valence-electron chi connectivity index (χ2n) is 9.95. The summed E-state index contributed by atoms with van der Waals surface area (Å²) in [5.74, 6) is 0.267.